The zero-order valence-corrected chi connectivity index (χ0v) is 7.13. The summed E-state index contributed by atoms with van der Waals surface area (Å²) < 4.78 is 12.8. The van der Waals surface area contributed by atoms with Gasteiger partial charge in [-0.25, -0.2) is 4.39 Å². The van der Waals surface area contributed by atoms with Crippen LogP contribution < -0.4 is 0 Å². The molecular formula is C10H10FN. The molecule has 0 radical (unpaired) electrons. The summed E-state index contributed by atoms with van der Waals surface area (Å²) >= 11 is 0. The molecule has 0 N–H and O–H groups in total. The second-order valence-corrected chi connectivity index (χ2v) is 3.01. The van der Waals surface area contributed by atoms with Crippen LogP contribution in [-0.4, -0.2) is 0 Å². The number of nitrogens with zero attached hydrogens (tertiary/aromatic N) is 1. The van der Waals surface area contributed by atoms with Crippen molar-refractivity contribution in [1.29, 1.82) is 5.26 Å². The zero-order valence-electron chi connectivity index (χ0n) is 7.13. The molecule has 0 saturated heterocycles. The molecule has 1 aromatic carbocycles. The van der Waals surface area contributed by atoms with Crippen LogP contribution in [0.5, 0.6) is 0 Å². The molecule has 0 atom stereocenters. The number of hydrogen-bond donors (Lipinski definition) is 0. The molecule has 1 rings (SSSR count). The molecule has 0 spiro atoms. The Kier molecular flexibility index (Phi) is 2.44. The second kappa shape index (κ2) is 3.36. The van der Waals surface area contributed by atoms with Crippen LogP contribution in [0.25, 0.3) is 0 Å². The van der Waals surface area contributed by atoms with Crippen LogP contribution in [0.2, 0.25) is 0 Å². The first kappa shape index (κ1) is 8.73. The van der Waals surface area contributed by atoms with Crippen molar-refractivity contribution in [3.63, 3.8) is 0 Å². The van der Waals surface area contributed by atoms with Crippen LogP contribution >= 0.6 is 0 Å². The lowest BCUT2D eigenvalue weighted by Crippen LogP contribution is -1.90. The number of rotatable bonds is 1. The van der Waals surface area contributed by atoms with Crippen molar-refractivity contribution in [2.45, 2.75) is 19.8 Å². The summed E-state index contributed by atoms with van der Waals surface area (Å²) in [5, 5.41) is 8.53. The summed E-state index contributed by atoms with van der Waals surface area (Å²) in [6.07, 6.45) is 0. The smallest absolute Gasteiger partial charge is 0.140 e. The summed E-state index contributed by atoms with van der Waals surface area (Å²) in [7, 11) is 0. The highest BCUT2D eigenvalue weighted by molar-refractivity contribution is 5.35. The van der Waals surface area contributed by atoms with E-state index in [1.165, 1.54) is 6.07 Å². The van der Waals surface area contributed by atoms with E-state index in [0.29, 0.717) is 5.92 Å². The molecule has 0 aliphatic rings. The quantitative estimate of drug-likeness (QED) is 0.624. The standard InChI is InChI=1S/C10H10FN/c1-7(2)8-3-4-10(11)9(5-8)6-12/h3-5,7H,1-2H3. The van der Waals surface area contributed by atoms with Crippen LogP contribution in [0, 0.1) is 17.1 Å². The Morgan fingerprint density at radius 2 is 2.08 bits per heavy atom. The SMILES string of the molecule is CC(C)c1ccc(F)c(C#N)c1. The van der Waals surface area contributed by atoms with Gasteiger partial charge >= 0.3 is 0 Å². The third kappa shape index (κ3) is 1.62. The molecule has 62 valence electrons. The average molecular weight is 163 g/mol. The fourth-order valence-corrected chi connectivity index (χ4v) is 0.988. The van der Waals surface area contributed by atoms with Gasteiger partial charge in [-0.05, 0) is 23.6 Å². The maximum Gasteiger partial charge on any atom is 0.140 e. The number of benzene rings is 1. The first-order chi connectivity index (χ1) is 5.65. The van der Waals surface area contributed by atoms with Gasteiger partial charge in [0.2, 0.25) is 0 Å². The highest BCUT2D eigenvalue weighted by atomic mass is 19.1. The van der Waals surface area contributed by atoms with Crippen molar-refractivity contribution in [3.05, 3.63) is 35.1 Å². The van der Waals surface area contributed by atoms with Gasteiger partial charge in [-0.1, -0.05) is 19.9 Å². The average Bonchev–Trinajstić information content (AvgIpc) is 2.05. The van der Waals surface area contributed by atoms with Crippen molar-refractivity contribution >= 4 is 0 Å². The minimum Gasteiger partial charge on any atom is -0.206 e. The summed E-state index contributed by atoms with van der Waals surface area (Å²) in [6, 6.07) is 6.46. The number of halogens is 1. The van der Waals surface area contributed by atoms with Gasteiger partial charge < -0.3 is 0 Å². The van der Waals surface area contributed by atoms with E-state index in [1.807, 2.05) is 19.9 Å². The summed E-state index contributed by atoms with van der Waals surface area (Å²) in [5.74, 6) is -0.111. The van der Waals surface area contributed by atoms with Crippen molar-refractivity contribution in [2.75, 3.05) is 0 Å². The van der Waals surface area contributed by atoms with E-state index in [9.17, 15) is 4.39 Å². The van der Waals surface area contributed by atoms with Crippen molar-refractivity contribution in [2.24, 2.45) is 0 Å². The minimum absolute atomic E-state index is 0.126. The first-order valence-electron chi connectivity index (χ1n) is 3.84. The molecule has 0 saturated carbocycles. The Balaban J connectivity index is 3.16. The molecule has 1 aromatic rings. The van der Waals surface area contributed by atoms with Crippen LogP contribution in [0.1, 0.15) is 30.9 Å². The van der Waals surface area contributed by atoms with Crippen LogP contribution in [0.4, 0.5) is 4.39 Å². The van der Waals surface area contributed by atoms with Crippen molar-refractivity contribution in [1.82, 2.24) is 0 Å². The molecule has 2 heteroatoms. The van der Waals surface area contributed by atoms with Gasteiger partial charge in [0.15, 0.2) is 0 Å². The van der Waals surface area contributed by atoms with Gasteiger partial charge in [-0.15, -0.1) is 0 Å². The van der Waals surface area contributed by atoms with E-state index in [-0.39, 0.29) is 5.56 Å². The Hall–Kier alpha value is -1.36. The molecule has 0 aliphatic carbocycles. The maximum absolute atomic E-state index is 12.8. The molecule has 12 heavy (non-hydrogen) atoms. The van der Waals surface area contributed by atoms with Gasteiger partial charge in [0.05, 0.1) is 5.56 Å². The molecular weight excluding hydrogens is 153 g/mol. The number of hydrogen-bond acceptors (Lipinski definition) is 1. The lowest BCUT2D eigenvalue weighted by molar-refractivity contribution is 0.622. The monoisotopic (exact) mass is 163 g/mol. The van der Waals surface area contributed by atoms with Crippen LogP contribution in [-0.2, 0) is 0 Å². The molecule has 0 amide bonds. The molecule has 1 nitrogen and oxygen atoms in total. The fraction of sp³-hybridized carbons (Fsp3) is 0.300. The fourth-order valence-electron chi connectivity index (χ4n) is 0.988. The van der Waals surface area contributed by atoms with Gasteiger partial charge in [-0.3, -0.25) is 0 Å². The topological polar surface area (TPSA) is 23.8 Å². The van der Waals surface area contributed by atoms with Crippen molar-refractivity contribution in [3.8, 4) is 6.07 Å². The van der Waals surface area contributed by atoms with Gasteiger partial charge in [0.1, 0.15) is 11.9 Å². The molecule has 0 aromatic heterocycles. The van der Waals surface area contributed by atoms with Crippen LogP contribution in [0.3, 0.4) is 0 Å². The Morgan fingerprint density at radius 1 is 1.42 bits per heavy atom. The van der Waals surface area contributed by atoms with E-state index >= 15 is 0 Å². The minimum atomic E-state index is -0.443. The predicted molar refractivity (Wildman–Crippen MR) is 45.2 cm³/mol. The largest absolute Gasteiger partial charge is 0.206 e. The lowest BCUT2D eigenvalue weighted by atomic mass is 10.0. The highest BCUT2D eigenvalue weighted by Crippen LogP contribution is 2.17. The van der Waals surface area contributed by atoms with Gasteiger partial charge in [0.25, 0.3) is 0 Å². The van der Waals surface area contributed by atoms with Gasteiger partial charge in [-0.2, -0.15) is 5.26 Å². The van der Waals surface area contributed by atoms with Gasteiger partial charge in [0, 0.05) is 0 Å². The Bertz CT molecular complexity index is 323. The third-order valence-corrected chi connectivity index (χ3v) is 1.78. The molecule has 0 fully saturated rings. The van der Waals surface area contributed by atoms with E-state index in [4.69, 9.17) is 5.26 Å². The first-order valence-corrected chi connectivity index (χ1v) is 3.84. The molecule has 0 unspecified atom stereocenters. The van der Waals surface area contributed by atoms with Crippen LogP contribution in [0.15, 0.2) is 18.2 Å². The van der Waals surface area contributed by atoms with E-state index < -0.39 is 5.82 Å². The number of nitriles is 1. The summed E-state index contributed by atoms with van der Waals surface area (Å²) in [4.78, 5) is 0. The molecule has 0 aliphatic heterocycles. The summed E-state index contributed by atoms with van der Waals surface area (Å²) in [6.45, 7) is 4.02. The maximum atomic E-state index is 12.8. The normalized spacial score (nSPS) is 9.92. The molecule has 0 heterocycles. The summed E-state index contributed by atoms with van der Waals surface area (Å²) in [5.41, 5.74) is 1.12. The Morgan fingerprint density at radius 3 is 2.58 bits per heavy atom. The predicted octanol–water partition coefficient (Wildman–Crippen LogP) is 2.82. The highest BCUT2D eigenvalue weighted by Gasteiger charge is 2.04. The van der Waals surface area contributed by atoms with Crippen molar-refractivity contribution < 1.29 is 4.39 Å². The van der Waals surface area contributed by atoms with E-state index in [0.717, 1.165) is 5.56 Å². The molecule has 0 bridgehead atoms. The third-order valence-electron chi connectivity index (χ3n) is 1.78. The zero-order chi connectivity index (χ0) is 9.14. The second-order valence-electron chi connectivity index (χ2n) is 3.01. The van der Waals surface area contributed by atoms with E-state index in [2.05, 4.69) is 0 Å². The van der Waals surface area contributed by atoms with E-state index in [1.54, 1.807) is 12.1 Å². The Labute approximate surface area is 71.4 Å². The lowest BCUT2D eigenvalue weighted by Gasteiger charge is -2.04.